The molecule has 0 aliphatic carbocycles. The number of piperidine rings is 1. The van der Waals surface area contributed by atoms with Crippen LogP contribution in [0.1, 0.15) is 37.4 Å². The Morgan fingerprint density at radius 3 is 2.77 bits per heavy atom. The highest BCUT2D eigenvalue weighted by atomic mass is 35.5. The van der Waals surface area contributed by atoms with E-state index in [1.54, 1.807) is 13.0 Å². The van der Waals surface area contributed by atoms with Crippen molar-refractivity contribution in [3.05, 3.63) is 28.2 Å². The summed E-state index contributed by atoms with van der Waals surface area (Å²) in [7, 11) is -3.58. The van der Waals surface area contributed by atoms with E-state index in [4.69, 9.17) is 16.1 Å². The highest BCUT2D eigenvalue weighted by Crippen LogP contribution is 2.26. The molecule has 1 N–H and O–H groups in total. The Morgan fingerprint density at radius 1 is 1.42 bits per heavy atom. The van der Waals surface area contributed by atoms with Crippen LogP contribution < -0.4 is 4.72 Å². The van der Waals surface area contributed by atoms with Gasteiger partial charge < -0.3 is 9.42 Å². The predicted octanol–water partition coefficient (Wildman–Crippen LogP) is 2.03. The number of rotatable bonds is 6. The Bertz CT molecular complexity index is 872. The Labute approximate surface area is 160 Å². The normalized spacial score (nSPS) is 16.2. The van der Waals surface area contributed by atoms with E-state index in [1.165, 1.54) is 6.07 Å². The van der Waals surface area contributed by atoms with E-state index in [1.807, 2.05) is 4.90 Å². The molecule has 3 rings (SSSR count). The number of thiophene rings is 1. The third-order valence-electron chi connectivity index (χ3n) is 4.23. The van der Waals surface area contributed by atoms with Gasteiger partial charge in [0.25, 0.3) is 0 Å². The van der Waals surface area contributed by atoms with Crippen LogP contribution in [0, 0.1) is 0 Å². The molecule has 26 heavy (non-hydrogen) atoms. The molecule has 0 spiro atoms. The molecule has 0 unspecified atom stereocenters. The van der Waals surface area contributed by atoms with Crippen molar-refractivity contribution in [2.45, 2.75) is 36.3 Å². The number of nitrogens with zero attached hydrogens (tertiary/aromatic N) is 3. The minimum Gasteiger partial charge on any atom is -0.343 e. The molecule has 0 bridgehead atoms. The van der Waals surface area contributed by atoms with Gasteiger partial charge in [-0.15, -0.1) is 11.3 Å². The Hall–Kier alpha value is -1.49. The van der Waals surface area contributed by atoms with Crippen LogP contribution in [0.3, 0.4) is 0 Å². The second-order valence-electron chi connectivity index (χ2n) is 6.03. The van der Waals surface area contributed by atoms with Gasteiger partial charge in [-0.2, -0.15) is 4.98 Å². The summed E-state index contributed by atoms with van der Waals surface area (Å²) in [4.78, 5) is 17.5. The number of carbonyl (C=O) groups is 1. The molecule has 1 aliphatic heterocycles. The van der Waals surface area contributed by atoms with Crippen molar-refractivity contribution in [2.24, 2.45) is 0 Å². The summed E-state index contributed by atoms with van der Waals surface area (Å²) in [5, 5.41) is 4.00. The summed E-state index contributed by atoms with van der Waals surface area (Å²) < 4.78 is 32.5. The van der Waals surface area contributed by atoms with Crippen LogP contribution >= 0.6 is 22.9 Å². The van der Waals surface area contributed by atoms with E-state index in [0.29, 0.717) is 35.6 Å². The zero-order chi connectivity index (χ0) is 18.7. The molecule has 1 fully saturated rings. The number of sulfonamides is 1. The topological polar surface area (TPSA) is 105 Å². The van der Waals surface area contributed by atoms with Crippen LogP contribution in [0.25, 0.3) is 0 Å². The zero-order valence-electron chi connectivity index (χ0n) is 14.1. The Morgan fingerprint density at radius 2 is 2.15 bits per heavy atom. The van der Waals surface area contributed by atoms with Crippen molar-refractivity contribution >= 4 is 38.9 Å². The molecule has 8 nitrogen and oxygen atoms in total. The monoisotopic (exact) mass is 418 g/mol. The first-order valence-electron chi connectivity index (χ1n) is 8.18. The lowest BCUT2D eigenvalue weighted by Gasteiger charge is -2.29. The lowest BCUT2D eigenvalue weighted by molar-refractivity contribution is -0.129. The molecule has 2 aromatic rings. The molecule has 0 radical (unpaired) electrons. The number of amides is 1. The summed E-state index contributed by atoms with van der Waals surface area (Å²) in [5.41, 5.74) is 0. The number of hydrogen-bond donors (Lipinski definition) is 1. The maximum atomic E-state index is 12.1. The van der Waals surface area contributed by atoms with Crippen LogP contribution in [0.4, 0.5) is 0 Å². The number of nitrogens with one attached hydrogen (secondary N) is 1. The SMILES string of the molecule is CC(=O)N1CCC(c2noc(CCNS(=O)(=O)c3ccc(Cl)s3)n2)CC1. The zero-order valence-corrected chi connectivity index (χ0v) is 16.5. The predicted molar refractivity (Wildman–Crippen MR) is 96.7 cm³/mol. The summed E-state index contributed by atoms with van der Waals surface area (Å²) in [6, 6.07) is 3.01. The second-order valence-corrected chi connectivity index (χ2v) is 9.74. The lowest BCUT2D eigenvalue weighted by Crippen LogP contribution is -2.36. The third-order valence-corrected chi connectivity index (χ3v) is 7.42. The molecule has 1 saturated heterocycles. The first kappa shape index (κ1) is 19.3. The van der Waals surface area contributed by atoms with E-state index < -0.39 is 10.0 Å². The Balaban J connectivity index is 1.51. The first-order chi connectivity index (χ1) is 12.3. The quantitative estimate of drug-likeness (QED) is 0.769. The van der Waals surface area contributed by atoms with Gasteiger partial charge in [0.15, 0.2) is 5.82 Å². The summed E-state index contributed by atoms with van der Waals surface area (Å²) in [6.45, 7) is 3.10. The molecule has 0 saturated carbocycles. The third kappa shape index (κ3) is 4.61. The fraction of sp³-hybridized carbons (Fsp3) is 0.533. The van der Waals surface area contributed by atoms with Crippen molar-refractivity contribution in [3.63, 3.8) is 0 Å². The van der Waals surface area contributed by atoms with Gasteiger partial charge in [0.2, 0.25) is 21.8 Å². The van der Waals surface area contributed by atoms with Crippen molar-refractivity contribution in [1.29, 1.82) is 0 Å². The average Bonchev–Trinajstić information content (AvgIpc) is 3.24. The maximum absolute atomic E-state index is 12.1. The number of carbonyl (C=O) groups excluding carboxylic acids is 1. The number of aromatic nitrogens is 2. The fourth-order valence-electron chi connectivity index (χ4n) is 2.79. The molecule has 2 aromatic heterocycles. The van der Waals surface area contributed by atoms with Gasteiger partial charge in [0.05, 0.1) is 4.34 Å². The van der Waals surface area contributed by atoms with Crippen molar-refractivity contribution < 1.29 is 17.7 Å². The number of likely N-dealkylation sites (tertiary alicyclic amines) is 1. The molecule has 11 heteroatoms. The molecule has 0 atom stereocenters. The minimum atomic E-state index is -3.58. The first-order valence-corrected chi connectivity index (χ1v) is 10.9. The van der Waals surface area contributed by atoms with Crippen molar-refractivity contribution in [2.75, 3.05) is 19.6 Å². The number of hydrogen-bond acceptors (Lipinski definition) is 7. The van der Waals surface area contributed by atoms with Gasteiger partial charge in [-0.1, -0.05) is 16.8 Å². The summed E-state index contributed by atoms with van der Waals surface area (Å²) in [5.74, 6) is 1.25. The van der Waals surface area contributed by atoms with E-state index in [2.05, 4.69) is 14.9 Å². The Kier molecular flexibility index (Phi) is 5.96. The molecule has 142 valence electrons. The smallest absolute Gasteiger partial charge is 0.250 e. The molecule has 3 heterocycles. The second kappa shape index (κ2) is 8.03. The van der Waals surface area contributed by atoms with E-state index >= 15 is 0 Å². The molecular weight excluding hydrogens is 400 g/mol. The van der Waals surface area contributed by atoms with Gasteiger partial charge in [0, 0.05) is 38.9 Å². The van der Waals surface area contributed by atoms with Crippen LogP contribution in [0.2, 0.25) is 4.34 Å². The van der Waals surface area contributed by atoms with Gasteiger partial charge in [-0.25, -0.2) is 13.1 Å². The molecule has 1 amide bonds. The highest BCUT2D eigenvalue weighted by molar-refractivity contribution is 7.91. The molecular formula is C15H19ClN4O4S2. The average molecular weight is 419 g/mol. The van der Waals surface area contributed by atoms with Crippen molar-refractivity contribution in [3.8, 4) is 0 Å². The van der Waals surface area contributed by atoms with E-state index in [-0.39, 0.29) is 22.6 Å². The lowest BCUT2D eigenvalue weighted by atomic mass is 9.96. The minimum absolute atomic E-state index is 0.0802. The van der Waals surface area contributed by atoms with Crippen LogP contribution in [-0.4, -0.2) is 49.0 Å². The van der Waals surface area contributed by atoms with Gasteiger partial charge in [-0.05, 0) is 25.0 Å². The summed E-state index contributed by atoms with van der Waals surface area (Å²) in [6.07, 6.45) is 1.90. The largest absolute Gasteiger partial charge is 0.343 e. The van der Waals surface area contributed by atoms with Crippen LogP contribution in [0.5, 0.6) is 0 Å². The van der Waals surface area contributed by atoms with Crippen molar-refractivity contribution in [1.82, 2.24) is 19.8 Å². The van der Waals surface area contributed by atoms with Crippen LogP contribution in [0.15, 0.2) is 20.9 Å². The fourth-order valence-corrected chi connectivity index (χ4v) is 5.35. The van der Waals surface area contributed by atoms with Crippen LogP contribution in [-0.2, 0) is 21.2 Å². The van der Waals surface area contributed by atoms with Gasteiger partial charge in [-0.3, -0.25) is 4.79 Å². The highest BCUT2D eigenvalue weighted by Gasteiger charge is 2.25. The number of halogens is 1. The van der Waals surface area contributed by atoms with Gasteiger partial charge in [0.1, 0.15) is 4.21 Å². The maximum Gasteiger partial charge on any atom is 0.250 e. The van der Waals surface area contributed by atoms with E-state index in [0.717, 1.165) is 24.2 Å². The molecule has 0 aromatic carbocycles. The van der Waals surface area contributed by atoms with E-state index in [9.17, 15) is 13.2 Å². The standard InChI is InChI=1S/C15H19ClN4O4S2/c1-10(21)20-8-5-11(6-9-20)15-18-13(24-19-15)4-7-17-26(22,23)14-3-2-12(16)25-14/h2-3,11,17H,4-9H2,1H3. The summed E-state index contributed by atoms with van der Waals surface area (Å²) >= 11 is 6.77. The van der Waals surface area contributed by atoms with Gasteiger partial charge >= 0.3 is 0 Å². The molecule has 1 aliphatic rings.